The van der Waals surface area contributed by atoms with Crippen LogP contribution in [-0.2, 0) is 24.3 Å². The number of fused-ring (bicyclic) bond motifs is 1. The lowest BCUT2D eigenvalue weighted by atomic mass is 10.0. The largest absolute Gasteiger partial charge is 0.377 e. The number of aliphatic imine (C=N–C) groups is 1. The molecule has 0 radical (unpaired) electrons. The number of guanidine groups is 1. The number of aromatic nitrogens is 3. The van der Waals surface area contributed by atoms with Crippen LogP contribution in [0.3, 0.4) is 0 Å². The van der Waals surface area contributed by atoms with Gasteiger partial charge in [-0.2, -0.15) is 5.10 Å². The molecule has 8 heteroatoms. The summed E-state index contributed by atoms with van der Waals surface area (Å²) in [7, 11) is 1.68. The third-order valence-electron chi connectivity index (χ3n) is 5.48. The molecule has 1 aromatic heterocycles. The number of rotatable bonds is 7. The van der Waals surface area contributed by atoms with Gasteiger partial charge in [-0.1, -0.05) is 13.3 Å². The van der Waals surface area contributed by atoms with Crippen LogP contribution >= 0.6 is 0 Å². The molecule has 3 rings (SSSR count). The van der Waals surface area contributed by atoms with E-state index in [1.54, 1.807) is 7.11 Å². The Morgan fingerprint density at radius 2 is 2.19 bits per heavy atom. The van der Waals surface area contributed by atoms with Crippen molar-refractivity contribution in [3.63, 3.8) is 0 Å². The van der Waals surface area contributed by atoms with Crippen molar-refractivity contribution >= 4 is 5.96 Å². The van der Waals surface area contributed by atoms with E-state index in [2.05, 4.69) is 39.5 Å². The topological polar surface area (TPSA) is 79.6 Å². The van der Waals surface area contributed by atoms with Crippen LogP contribution in [0, 0.1) is 0 Å². The van der Waals surface area contributed by atoms with Crippen LogP contribution in [0.25, 0.3) is 0 Å². The van der Waals surface area contributed by atoms with Crippen molar-refractivity contribution < 1.29 is 4.74 Å². The molecule has 2 aliphatic heterocycles. The van der Waals surface area contributed by atoms with E-state index in [1.165, 1.54) is 25.8 Å². The zero-order chi connectivity index (χ0) is 19.1. The van der Waals surface area contributed by atoms with E-state index in [0.29, 0.717) is 18.7 Å². The Morgan fingerprint density at radius 1 is 1.30 bits per heavy atom. The zero-order valence-electron chi connectivity index (χ0n) is 17.1. The highest BCUT2D eigenvalue weighted by Gasteiger charge is 2.23. The predicted molar refractivity (Wildman–Crippen MR) is 107 cm³/mol. The van der Waals surface area contributed by atoms with Gasteiger partial charge in [0.25, 0.3) is 0 Å². The summed E-state index contributed by atoms with van der Waals surface area (Å²) >= 11 is 0. The van der Waals surface area contributed by atoms with Gasteiger partial charge < -0.3 is 15.4 Å². The minimum Gasteiger partial charge on any atom is -0.377 e. The lowest BCUT2D eigenvalue weighted by Gasteiger charge is -2.34. The van der Waals surface area contributed by atoms with Crippen molar-refractivity contribution in [1.29, 1.82) is 0 Å². The summed E-state index contributed by atoms with van der Waals surface area (Å²) < 4.78 is 7.16. The molecule has 0 aromatic carbocycles. The van der Waals surface area contributed by atoms with Crippen LogP contribution in [0.5, 0.6) is 0 Å². The standard InChI is InChI=1S/C19H35N7O/c1-4-20-19(21-12-16-8-6-7-11-25(16)5-2)22-15-9-10-18-23-17(14-27-3)24-26(18)13-15/h15-16H,4-14H2,1-3H3,(H2,20,21,22). The maximum absolute atomic E-state index is 5.15. The Labute approximate surface area is 162 Å². The van der Waals surface area contributed by atoms with Gasteiger partial charge in [0, 0.05) is 32.2 Å². The predicted octanol–water partition coefficient (Wildman–Crippen LogP) is 1.17. The van der Waals surface area contributed by atoms with Gasteiger partial charge in [-0.25, -0.2) is 9.67 Å². The van der Waals surface area contributed by atoms with Crippen molar-refractivity contribution in [3.05, 3.63) is 11.6 Å². The molecule has 152 valence electrons. The number of hydrogen-bond donors (Lipinski definition) is 2. The number of piperidine rings is 1. The third kappa shape index (κ3) is 5.42. The van der Waals surface area contributed by atoms with E-state index in [9.17, 15) is 0 Å². The second kappa shape index (κ2) is 10.0. The van der Waals surface area contributed by atoms with Crippen molar-refractivity contribution in [1.82, 2.24) is 30.3 Å². The van der Waals surface area contributed by atoms with E-state index in [4.69, 9.17) is 9.73 Å². The van der Waals surface area contributed by atoms with Gasteiger partial charge in [0.05, 0.1) is 13.1 Å². The maximum Gasteiger partial charge on any atom is 0.191 e. The molecule has 0 saturated carbocycles. The Kier molecular flexibility index (Phi) is 7.46. The summed E-state index contributed by atoms with van der Waals surface area (Å²) in [5.74, 6) is 2.75. The van der Waals surface area contributed by atoms with Crippen molar-refractivity contribution in [2.45, 2.75) is 71.2 Å². The van der Waals surface area contributed by atoms with E-state index in [-0.39, 0.29) is 0 Å². The van der Waals surface area contributed by atoms with Gasteiger partial charge in [-0.3, -0.25) is 9.89 Å². The van der Waals surface area contributed by atoms with Gasteiger partial charge in [0.2, 0.25) is 0 Å². The molecule has 1 saturated heterocycles. The number of likely N-dealkylation sites (tertiary alicyclic amines) is 1. The summed E-state index contributed by atoms with van der Waals surface area (Å²) in [6.45, 7) is 9.71. The number of nitrogens with one attached hydrogen (secondary N) is 2. The second-order valence-electron chi connectivity index (χ2n) is 7.44. The highest BCUT2D eigenvalue weighted by molar-refractivity contribution is 5.80. The Bertz CT molecular complexity index is 615. The van der Waals surface area contributed by atoms with Crippen LogP contribution in [0.15, 0.2) is 4.99 Å². The number of likely N-dealkylation sites (N-methyl/N-ethyl adjacent to an activating group) is 1. The molecule has 1 fully saturated rings. The number of nitrogens with zero attached hydrogens (tertiary/aromatic N) is 5. The van der Waals surface area contributed by atoms with E-state index < -0.39 is 0 Å². The molecule has 27 heavy (non-hydrogen) atoms. The van der Waals surface area contributed by atoms with Crippen LogP contribution in [0.1, 0.15) is 51.2 Å². The summed E-state index contributed by atoms with van der Waals surface area (Å²) in [5.41, 5.74) is 0. The Morgan fingerprint density at radius 3 is 2.96 bits per heavy atom. The second-order valence-corrected chi connectivity index (χ2v) is 7.44. The number of aryl methyl sites for hydroxylation is 1. The molecule has 0 aliphatic carbocycles. The number of ether oxygens (including phenoxy) is 1. The fourth-order valence-corrected chi connectivity index (χ4v) is 4.06. The molecule has 0 spiro atoms. The molecule has 2 N–H and O–H groups in total. The van der Waals surface area contributed by atoms with E-state index in [0.717, 1.165) is 56.6 Å². The monoisotopic (exact) mass is 377 g/mol. The molecular formula is C19H35N7O. The fourth-order valence-electron chi connectivity index (χ4n) is 4.06. The first-order chi connectivity index (χ1) is 13.2. The molecule has 2 aliphatic rings. The molecule has 3 heterocycles. The highest BCUT2D eigenvalue weighted by Crippen LogP contribution is 2.17. The van der Waals surface area contributed by atoms with Gasteiger partial charge in [-0.15, -0.1) is 0 Å². The molecular weight excluding hydrogens is 342 g/mol. The van der Waals surface area contributed by atoms with Crippen LogP contribution in [-0.4, -0.2) is 71.0 Å². The Hall–Kier alpha value is -1.67. The molecule has 2 unspecified atom stereocenters. The molecule has 2 atom stereocenters. The smallest absolute Gasteiger partial charge is 0.191 e. The van der Waals surface area contributed by atoms with Gasteiger partial charge in [0.1, 0.15) is 12.4 Å². The van der Waals surface area contributed by atoms with Crippen LogP contribution < -0.4 is 10.6 Å². The molecule has 0 bridgehead atoms. The summed E-state index contributed by atoms with van der Waals surface area (Å²) in [5, 5.41) is 11.6. The van der Waals surface area contributed by atoms with Crippen LogP contribution in [0.2, 0.25) is 0 Å². The third-order valence-corrected chi connectivity index (χ3v) is 5.48. The quantitative estimate of drug-likeness (QED) is 0.549. The maximum atomic E-state index is 5.15. The first-order valence-electron chi connectivity index (χ1n) is 10.4. The first kappa shape index (κ1) is 20.1. The lowest BCUT2D eigenvalue weighted by Crippen LogP contribution is -2.48. The van der Waals surface area contributed by atoms with Crippen molar-refractivity contribution in [2.24, 2.45) is 4.99 Å². The summed E-state index contributed by atoms with van der Waals surface area (Å²) in [4.78, 5) is 12.0. The van der Waals surface area contributed by atoms with E-state index in [1.807, 2.05) is 4.68 Å². The van der Waals surface area contributed by atoms with Gasteiger partial charge in [-0.05, 0) is 39.3 Å². The molecule has 0 amide bonds. The first-order valence-corrected chi connectivity index (χ1v) is 10.4. The average molecular weight is 378 g/mol. The normalized spacial score (nSPS) is 23.9. The van der Waals surface area contributed by atoms with Gasteiger partial charge in [0.15, 0.2) is 11.8 Å². The zero-order valence-corrected chi connectivity index (χ0v) is 17.1. The fraction of sp³-hybridized carbons (Fsp3) is 0.842. The van der Waals surface area contributed by atoms with Crippen molar-refractivity contribution in [3.8, 4) is 0 Å². The minimum atomic E-state index is 0.320. The average Bonchev–Trinajstić information content (AvgIpc) is 3.08. The number of hydrogen-bond acceptors (Lipinski definition) is 5. The number of methoxy groups -OCH3 is 1. The molecule has 1 aromatic rings. The Balaban J connectivity index is 1.58. The van der Waals surface area contributed by atoms with Crippen molar-refractivity contribution in [2.75, 3.05) is 33.3 Å². The summed E-state index contributed by atoms with van der Waals surface area (Å²) in [6, 6.07) is 0.894. The van der Waals surface area contributed by atoms with Gasteiger partial charge >= 0.3 is 0 Å². The van der Waals surface area contributed by atoms with E-state index >= 15 is 0 Å². The summed E-state index contributed by atoms with van der Waals surface area (Å²) in [6.07, 6.45) is 5.87. The molecule has 8 nitrogen and oxygen atoms in total. The SMILES string of the molecule is CCNC(=NCC1CCCCN1CC)NC1CCc2nc(COC)nn2C1. The lowest BCUT2D eigenvalue weighted by molar-refractivity contribution is 0.161. The minimum absolute atomic E-state index is 0.320. The van der Waals surface area contributed by atoms with Crippen LogP contribution in [0.4, 0.5) is 0 Å². The highest BCUT2D eigenvalue weighted by atomic mass is 16.5.